The molecule has 0 saturated heterocycles. The van der Waals surface area contributed by atoms with Crippen LogP contribution in [0.25, 0.3) is 0 Å². The summed E-state index contributed by atoms with van der Waals surface area (Å²) in [6, 6.07) is 15.9. The first kappa shape index (κ1) is 19.3. The van der Waals surface area contributed by atoms with Gasteiger partial charge in [0.25, 0.3) is 5.91 Å². The molecule has 0 bridgehead atoms. The van der Waals surface area contributed by atoms with Crippen LogP contribution in [-0.2, 0) is 23.1 Å². The summed E-state index contributed by atoms with van der Waals surface area (Å²) in [5.41, 5.74) is 2.78. The highest BCUT2D eigenvalue weighted by Crippen LogP contribution is 2.18. The van der Waals surface area contributed by atoms with E-state index >= 15 is 0 Å². The van der Waals surface area contributed by atoms with Gasteiger partial charge in [0.15, 0.2) is 0 Å². The second-order valence-electron chi connectivity index (χ2n) is 6.10. The molecule has 0 radical (unpaired) electrons. The Morgan fingerprint density at radius 2 is 1.78 bits per heavy atom. The van der Waals surface area contributed by atoms with Gasteiger partial charge >= 0.3 is 0 Å². The Morgan fingerprint density at radius 3 is 2.48 bits per heavy atom. The number of benzene rings is 2. The number of hydrogen-bond donors (Lipinski definition) is 2. The first-order valence-corrected chi connectivity index (χ1v) is 10.8. The molecular formula is C20H20N2O3S2. The highest BCUT2D eigenvalue weighted by atomic mass is 32.2. The van der Waals surface area contributed by atoms with Gasteiger partial charge in [-0.25, -0.2) is 13.1 Å². The molecule has 1 amide bonds. The van der Waals surface area contributed by atoms with Crippen LogP contribution in [0.4, 0.5) is 0 Å². The highest BCUT2D eigenvalue weighted by Gasteiger charge is 2.19. The molecular weight excluding hydrogens is 380 g/mol. The number of carbonyl (C=O) groups is 1. The number of carbonyl (C=O) groups excluding carboxylic acids is 1. The molecule has 0 atom stereocenters. The minimum atomic E-state index is -3.73. The minimum Gasteiger partial charge on any atom is -0.348 e. The Bertz CT molecular complexity index is 1010. The average molecular weight is 401 g/mol. The maximum Gasteiger partial charge on any atom is 0.251 e. The zero-order valence-corrected chi connectivity index (χ0v) is 16.4. The van der Waals surface area contributed by atoms with Crippen LogP contribution in [0.5, 0.6) is 0 Å². The average Bonchev–Trinajstić information content (AvgIpc) is 3.19. The molecule has 2 aromatic carbocycles. The first-order chi connectivity index (χ1) is 13.0. The Labute approximate surface area is 163 Å². The van der Waals surface area contributed by atoms with Crippen molar-refractivity contribution in [3.63, 3.8) is 0 Å². The van der Waals surface area contributed by atoms with Crippen molar-refractivity contribution in [1.82, 2.24) is 10.0 Å². The van der Waals surface area contributed by atoms with E-state index in [1.807, 2.05) is 47.2 Å². The third-order valence-corrected chi connectivity index (χ3v) is 6.36. The molecule has 140 valence electrons. The third kappa shape index (κ3) is 5.03. The van der Waals surface area contributed by atoms with Gasteiger partial charge in [-0.1, -0.05) is 36.4 Å². The molecule has 5 nitrogen and oxygen atoms in total. The lowest BCUT2D eigenvalue weighted by Crippen LogP contribution is -2.26. The smallest absolute Gasteiger partial charge is 0.251 e. The fourth-order valence-corrected chi connectivity index (χ4v) is 4.52. The van der Waals surface area contributed by atoms with Crippen molar-refractivity contribution >= 4 is 27.3 Å². The van der Waals surface area contributed by atoms with Gasteiger partial charge in [-0.15, -0.1) is 0 Å². The van der Waals surface area contributed by atoms with Crippen molar-refractivity contribution in [1.29, 1.82) is 0 Å². The molecule has 7 heteroatoms. The standard InChI is InChI=1S/C20H20N2O3S2/c1-15-7-8-18(20(23)21-12-17-9-10-26-14-17)11-19(15)27(24,25)22-13-16-5-3-2-4-6-16/h2-11,14,22H,12-13H2,1H3,(H,21,23). The monoisotopic (exact) mass is 400 g/mol. The van der Waals surface area contributed by atoms with Crippen LogP contribution in [0.1, 0.15) is 27.0 Å². The number of nitrogens with one attached hydrogen (secondary N) is 2. The van der Waals surface area contributed by atoms with E-state index < -0.39 is 10.0 Å². The lowest BCUT2D eigenvalue weighted by molar-refractivity contribution is 0.0950. The molecule has 3 aromatic rings. The highest BCUT2D eigenvalue weighted by molar-refractivity contribution is 7.89. The van der Waals surface area contributed by atoms with Gasteiger partial charge in [0.05, 0.1) is 4.90 Å². The summed E-state index contributed by atoms with van der Waals surface area (Å²) in [5, 5.41) is 6.71. The predicted octanol–water partition coefficient (Wildman–Crippen LogP) is 3.47. The van der Waals surface area contributed by atoms with E-state index in [0.29, 0.717) is 17.7 Å². The van der Waals surface area contributed by atoms with Crippen LogP contribution in [0.2, 0.25) is 0 Å². The zero-order valence-electron chi connectivity index (χ0n) is 14.8. The van der Waals surface area contributed by atoms with E-state index in [4.69, 9.17) is 0 Å². The van der Waals surface area contributed by atoms with Crippen LogP contribution in [0.15, 0.2) is 70.3 Å². The molecule has 0 spiro atoms. The maximum atomic E-state index is 12.7. The van der Waals surface area contributed by atoms with Crippen molar-refractivity contribution in [3.05, 3.63) is 87.6 Å². The summed E-state index contributed by atoms with van der Waals surface area (Å²) >= 11 is 1.56. The molecule has 1 aromatic heterocycles. The topological polar surface area (TPSA) is 75.3 Å². The second-order valence-corrected chi connectivity index (χ2v) is 8.62. The summed E-state index contributed by atoms with van der Waals surface area (Å²) in [4.78, 5) is 12.5. The normalized spacial score (nSPS) is 11.3. The van der Waals surface area contributed by atoms with E-state index in [-0.39, 0.29) is 17.3 Å². The lowest BCUT2D eigenvalue weighted by Gasteiger charge is -2.11. The molecule has 3 rings (SSSR count). The molecule has 0 saturated carbocycles. The fraction of sp³-hybridized carbons (Fsp3) is 0.150. The van der Waals surface area contributed by atoms with Crippen molar-refractivity contribution in [2.75, 3.05) is 0 Å². The van der Waals surface area contributed by atoms with Crippen LogP contribution in [0.3, 0.4) is 0 Å². The molecule has 0 aliphatic carbocycles. The Hall–Kier alpha value is -2.48. The second kappa shape index (κ2) is 8.47. The van der Waals surface area contributed by atoms with Crippen LogP contribution < -0.4 is 10.0 Å². The summed E-state index contributed by atoms with van der Waals surface area (Å²) in [6.07, 6.45) is 0. The summed E-state index contributed by atoms with van der Waals surface area (Å²) in [6.45, 7) is 2.31. The van der Waals surface area contributed by atoms with E-state index in [9.17, 15) is 13.2 Å². The van der Waals surface area contributed by atoms with Crippen molar-refractivity contribution in [2.45, 2.75) is 24.9 Å². The number of sulfonamides is 1. The van der Waals surface area contributed by atoms with E-state index in [1.165, 1.54) is 6.07 Å². The summed E-state index contributed by atoms with van der Waals surface area (Å²) < 4.78 is 28.0. The molecule has 2 N–H and O–H groups in total. The predicted molar refractivity (Wildman–Crippen MR) is 107 cm³/mol. The Balaban J connectivity index is 1.74. The molecule has 27 heavy (non-hydrogen) atoms. The van der Waals surface area contributed by atoms with Crippen LogP contribution in [0, 0.1) is 6.92 Å². The van der Waals surface area contributed by atoms with Crippen LogP contribution >= 0.6 is 11.3 Å². The zero-order chi connectivity index (χ0) is 19.3. The lowest BCUT2D eigenvalue weighted by atomic mass is 10.1. The molecule has 0 unspecified atom stereocenters. The van der Waals surface area contributed by atoms with Gasteiger partial charge in [-0.3, -0.25) is 4.79 Å². The first-order valence-electron chi connectivity index (χ1n) is 8.39. The van der Waals surface area contributed by atoms with E-state index in [2.05, 4.69) is 10.0 Å². The maximum absolute atomic E-state index is 12.7. The molecule has 0 aliphatic heterocycles. The van der Waals surface area contributed by atoms with E-state index in [0.717, 1.165) is 11.1 Å². The molecule has 0 aliphatic rings. The van der Waals surface area contributed by atoms with E-state index in [1.54, 1.807) is 30.4 Å². The molecule has 0 fully saturated rings. The van der Waals surface area contributed by atoms with Gasteiger partial charge in [0, 0.05) is 18.7 Å². The minimum absolute atomic E-state index is 0.113. The largest absolute Gasteiger partial charge is 0.348 e. The van der Waals surface area contributed by atoms with Crippen LogP contribution in [-0.4, -0.2) is 14.3 Å². The third-order valence-electron chi connectivity index (χ3n) is 4.08. The molecule has 1 heterocycles. The Morgan fingerprint density at radius 1 is 1.00 bits per heavy atom. The SMILES string of the molecule is Cc1ccc(C(=O)NCc2ccsc2)cc1S(=O)(=O)NCc1ccccc1. The number of amides is 1. The van der Waals surface area contributed by atoms with Gasteiger partial charge < -0.3 is 5.32 Å². The number of aryl methyl sites for hydroxylation is 1. The van der Waals surface area contributed by atoms with Gasteiger partial charge in [0.1, 0.15) is 0 Å². The van der Waals surface area contributed by atoms with Gasteiger partial charge in [-0.2, -0.15) is 11.3 Å². The summed E-state index contributed by atoms with van der Waals surface area (Å²) in [7, 11) is -3.73. The Kier molecular flexibility index (Phi) is 6.05. The quantitative estimate of drug-likeness (QED) is 0.638. The summed E-state index contributed by atoms with van der Waals surface area (Å²) in [5.74, 6) is -0.305. The van der Waals surface area contributed by atoms with Gasteiger partial charge in [0.2, 0.25) is 10.0 Å². The number of rotatable bonds is 7. The van der Waals surface area contributed by atoms with Gasteiger partial charge in [-0.05, 0) is 52.6 Å². The fourth-order valence-electron chi connectivity index (χ4n) is 2.56. The van der Waals surface area contributed by atoms with Crippen molar-refractivity contribution in [3.8, 4) is 0 Å². The number of thiophene rings is 1. The van der Waals surface area contributed by atoms with Crippen molar-refractivity contribution < 1.29 is 13.2 Å². The van der Waals surface area contributed by atoms with Crippen molar-refractivity contribution in [2.24, 2.45) is 0 Å². The number of hydrogen-bond acceptors (Lipinski definition) is 4.